The van der Waals surface area contributed by atoms with Crippen LogP contribution in [0.1, 0.15) is 27.3 Å². The predicted molar refractivity (Wildman–Crippen MR) is 102 cm³/mol. The van der Waals surface area contributed by atoms with Crippen LogP contribution in [0.3, 0.4) is 0 Å². The Hall–Kier alpha value is -3.48. The predicted octanol–water partition coefficient (Wildman–Crippen LogP) is 4.09. The molecule has 0 unspecified atom stereocenters. The topological polar surface area (TPSA) is 52.0 Å². The highest BCUT2D eigenvalue weighted by Crippen LogP contribution is 2.15. The summed E-state index contributed by atoms with van der Waals surface area (Å²) < 4.78 is 41.1. The molecule has 0 amide bonds. The number of carbonyl (C=O) groups is 2. The van der Waals surface area contributed by atoms with Gasteiger partial charge in [-0.15, -0.1) is 0 Å². The highest BCUT2D eigenvalue weighted by atomic mass is 19.2. The molecule has 0 spiro atoms. The molecular formula is C22H17F3N2O2. The monoisotopic (exact) mass is 398 g/mol. The first-order valence-electron chi connectivity index (χ1n) is 8.77. The Labute approximate surface area is 165 Å². The zero-order valence-electron chi connectivity index (χ0n) is 15.5. The molecule has 3 aromatic rings. The Morgan fingerprint density at radius 3 is 2.21 bits per heavy atom. The number of aromatic nitrogens is 2. The summed E-state index contributed by atoms with van der Waals surface area (Å²) in [6.07, 6.45) is 6.15. The summed E-state index contributed by atoms with van der Waals surface area (Å²) in [6, 6.07) is 8.61. The van der Waals surface area contributed by atoms with Crippen LogP contribution in [-0.2, 0) is 24.7 Å². The molecule has 0 saturated heterocycles. The normalized spacial score (nSPS) is 11.2. The zero-order valence-corrected chi connectivity index (χ0v) is 15.5. The minimum atomic E-state index is -1.55. The molecule has 1 heterocycles. The van der Waals surface area contributed by atoms with E-state index >= 15 is 0 Å². The fourth-order valence-corrected chi connectivity index (χ4v) is 2.82. The van der Waals surface area contributed by atoms with Crippen molar-refractivity contribution in [2.75, 3.05) is 0 Å². The second-order valence-electron chi connectivity index (χ2n) is 6.57. The lowest BCUT2D eigenvalue weighted by atomic mass is 10.0. The van der Waals surface area contributed by atoms with Crippen LogP contribution in [-0.4, -0.2) is 21.1 Å². The number of carbonyl (C=O) groups excluding carboxylic acids is 2. The van der Waals surface area contributed by atoms with Crippen molar-refractivity contribution >= 4 is 17.6 Å². The molecule has 0 aliphatic heterocycles. The maximum atomic E-state index is 13.2. The van der Waals surface area contributed by atoms with Crippen LogP contribution in [0.2, 0.25) is 0 Å². The number of hydrogen-bond donors (Lipinski definition) is 0. The Bertz CT molecular complexity index is 1060. The highest BCUT2D eigenvalue weighted by Gasteiger charge is 2.13. The summed E-state index contributed by atoms with van der Waals surface area (Å²) in [6.45, 7) is 0. The minimum Gasteiger partial charge on any atom is -0.331 e. The third kappa shape index (κ3) is 5.07. The number of Topliss-reactive ketones (excluding diaryl/α,β-unsaturated/α-hetero) is 1. The number of nitrogens with zero attached hydrogens (tertiary/aromatic N) is 2. The number of aryl methyl sites for hydroxylation is 1. The average molecular weight is 398 g/mol. The average Bonchev–Trinajstić information content (AvgIpc) is 3.11. The summed E-state index contributed by atoms with van der Waals surface area (Å²) >= 11 is 0. The van der Waals surface area contributed by atoms with Crippen LogP contribution in [0.15, 0.2) is 54.9 Å². The third-order valence-electron chi connectivity index (χ3n) is 4.29. The van der Waals surface area contributed by atoms with Gasteiger partial charge in [0.05, 0.1) is 0 Å². The first-order valence-corrected chi connectivity index (χ1v) is 8.77. The Morgan fingerprint density at radius 2 is 1.62 bits per heavy atom. The molecule has 29 heavy (non-hydrogen) atoms. The second kappa shape index (κ2) is 8.68. The summed E-state index contributed by atoms with van der Waals surface area (Å²) in [4.78, 5) is 28.2. The van der Waals surface area contributed by atoms with Crippen molar-refractivity contribution in [3.05, 3.63) is 94.8 Å². The van der Waals surface area contributed by atoms with E-state index in [4.69, 9.17) is 0 Å². The lowest BCUT2D eigenvalue weighted by Gasteiger charge is -2.04. The van der Waals surface area contributed by atoms with Crippen LogP contribution >= 0.6 is 0 Å². The van der Waals surface area contributed by atoms with E-state index in [1.54, 1.807) is 54.3 Å². The SMILES string of the molecule is Cn1ccnc1C(=O)/C=C/c1ccc(CC(=O)Cc2cc(F)c(F)c(F)c2)cc1. The molecule has 0 saturated carbocycles. The Kier molecular flexibility index (Phi) is 6.07. The van der Waals surface area contributed by atoms with Gasteiger partial charge in [-0.25, -0.2) is 18.2 Å². The fraction of sp³-hybridized carbons (Fsp3) is 0.136. The first-order chi connectivity index (χ1) is 13.8. The standard InChI is InChI=1S/C22H17F3N2O2/c1-27-9-8-26-22(27)20(29)7-6-14-2-4-15(5-3-14)10-17(28)11-16-12-18(23)21(25)19(24)13-16/h2-9,12-13H,10-11H2,1H3/b7-6+. The van der Waals surface area contributed by atoms with Gasteiger partial charge in [0, 0.05) is 32.3 Å². The first kappa shape index (κ1) is 20.3. The smallest absolute Gasteiger partial charge is 0.221 e. The fourth-order valence-electron chi connectivity index (χ4n) is 2.82. The quantitative estimate of drug-likeness (QED) is 0.342. The van der Waals surface area contributed by atoms with Crippen molar-refractivity contribution < 1.29 is 22.8 Å². The van der Waals surface area contributed by atoms with Crippen LogP contribution in [0, 0.1) is 17.5 Å². The molecule has 148 valence electrons. The Balaban J connectivity index is 1.60. The van der Waals surface area contributed by atoms with E-state index in [-0.39, 0.29) is 30.0 Å². The lowest BCUT2D eigenvalue weighted by molar-refractivity contribution is -0.117. The molecule has 0 N–H and O–H groups in total. The van der Waals surface area contributed by atoms with E-state index in [2.05, 4.69) is 4.98 Å². The molecule has 0 aliphatic rings. The maximum Gasteiger partial charge on any atom is 0.221 e. The molecule has 0 radical (unpaired) electrons. The van der Waals surface area contributed by atoms with E-state index in [1.165, 1.54) is 6.08 Å². The van der Waals surface area contributed by atoms with E-state index in [0.29, 0.717) is 11.4 Å². The molecule has 7 heteroatoms. The molecule has 0 fully saturated rings. The van der Waals surface area contributed by atoms with Crippen molar-refractivity contribution in [1.29, 1.82) is 0 Å². The molecule has 0 aliphatic carbocycles. The second-order valence-corrected chi connectivity index (χ2v) is 6.57. The van der Waals surface area contributed by atoms with Gasteiger partial charge < -0.3 is 4.57 Å². The number of rotatable bonds is 7. The molecule has 3 rings (SSSR count). The van der Waals surface area contributed by atoms with Gasteiger partial charge in [-0.05, 0) is 34.9 Å². The maximum absolute atomic E-state index is 13.2. The van der Waals surface area contributed by atoms with Crippen molar-refractivity contribution in [1.82, 2.24) is 9.55 Å². The van der Waals surface area contributed by atoms with Gasteiger partial charge >= 0.3 is 0 Å². The molecule has 1 aromatic heterocycles. The molecule has 2 aromatic carbocycles. The third-order valence-corrected chi connectivity index (χ3v) is 4.29. The zero-order chi connectivity index (χ0) is 21.0. The van der Waals surface area contributed by atoms with Gasteiger partial charge in [-0.2, -0.15) is 0 Å². The number of allylic oxidation sites excluding steroid dienone is 1. The van der Waals surface area contributed by atoms with Crippen molar-refractivity contribution in [3.63, 3.8) is 0 Å². The number of halogens is 3. The molecule has 0 atom stereocenters. The van der Waals surface area contributed by atoms with Gasteiger partial charge in [0.1, 0.15) is 5.78 Å². The van der Waals surface area contributed by atoms with Crippen LogP contribution in [0.25, 0.3) is 6.08 Å². The van der Waals surface area contributed by atoms with Gasteiger partial charge in [0.15, 0.2) is 23.3 Å². The van der Waals surface area contributed by atoms with Crippen molar-refractivity contribution in [2.45, 2.75) is 12.8 Å². The van der Waals surface area contributed by atoms with Crippen molar-refractivity contribution in [3.8, 4) is 0 Å². The van der Waals surface area contributed by atoms with Crippen molar-refractivity contribution in [2.24, 2.45) is 7.05 Å². The molecule has 4 nitrogen and oxygen atoms in total. The van der Waals surface area contributed by atoms with Crippen LogP contribution < -0.4 is 0 Å². The van der Waals surface area contributed by atoms with E-state index in [1.807, 2.05) is 0 Å². The lowest BCUT2D eigenvalue weighted by Crippen LogP contribution is -2.08. The van der Waals surface area contributed by atoms with E-state index in [0.717, 1.165) is 17.7 Å². The van der Waals surface area contributed by atoms with E-state index in [9.17, 15) is 22.8 Å². The number of benzene rings is 2. The van der Waals surface area contributed by atoms with Gasteiger partial charge in [-0.1, -0.05) is 30.3 Å². The summed E-state index contributed by atoms with van der Waals surface area (Å²) in [5, 5.41) is 0. The van der Waals surface area contributed by atoms with Gasteiger partial charge in [-0.3, -0.25) is 9.59 Å². The summed E-state index contributed by atoms with van der Waals surface area (Å²) in [5.41, 5.74) is 1.57. The molecule has 0 bridgehead atoms. The van der Waals surface area contributed by atoms with Crippen LogP contribution in [0.4, 0.5) is 13.2 Å². The number of ketones is 2. The largest absolute Gasteiger partial charge is 0.331 e. The van der Waals surface area contributed by atoms with Gasteiger partial charge in [0.25, 0.3) is 0 Å². The molecular weight excluding hydrogens is 381 g/mol. The van der Waals surface area contributed by atoms with E-state index < -0.39 is 17.5 Å². The summed E-state index contributed by atoms with van der Waals surface area (Å²) in [7, 11) is 1.73. The Morgan fingerprint density at radius 1 is 1.00 bits per heavy atom. The summed E-state index contributed by atoms with van der Waals surface area (Å²) in [5.74, 6) is -4.34. The number of imidazole rings is 1. The minimum absolute atomic E-state index is 0.0663. The van der Waals surface area contributed by atoms with Gasteiger partial charge in [0.2, 0.25) is 5.78 Å². The highest BCUT2D eigenvalue weighted by molar-refractivity contribution is 6.04. The van der Waals surface area contributed by atoms with Crippen LogP contribution in [0.5, 0.6) is 0 Å². The number of hydrogen-bond acceptors (Lipinski definition) is 3.